The number of nitrogens with one attached hydrogen (secondary N) is 1. The second-order valence-corrected chi connectivity index (χ2v) is 5.17. The SMILES string of the molecule is Cc1cccc2[nH]c(CN=C(N)N(C)C3CC3)nc12.I. The van der Waals surface area contributed by atoms with Gasteiger partial charge in [0.25, 0.3) is 0 Å². The molecule has 1 aliphatic carbocycles. The Labute approximate surface area is 135 Å². The lowest BCUT2D eigenvalue weighted by atomic mass is 10.2. The molecule has 0 atom stereocenters. The average molecular weight is 385 g/mol. The van der Waals surface area contributed by atoms with Gasteiger partial charge in [0.15, 0.2) is 5.96 Å². The number of aromatic nitrogens is 2. The van der Waals surface area contributed by atoms with Gasteiger partial charge < -0.3 is 15.6 Å². The molecule has 3 rings (SSSR count). The van der Waals surface area contributed by atoms with Crippen LogP contribution >= 0.6 is 24.0 Å². The van der Waals surface area contributed by atoms with Crippen LogP contribution in [0.4, 0.5) is 0 Å². The van der Waals surface area contributed by atoms with Crippen LogP contribution in [0.25, 0.3) is 11.0 Å². The van der Waals surface area contributed by atoms with Gasteiger partial charge >= 0.3 is 0 Å². The van der Waals surface area contributed by atoms with Gasteiger partial charge in [-0.15, -0.1) is 24.0 Å². The summed E-state index contributed by atoms with van der Waals surface area (Å²) in [5.41, 5.74) is 9.21. The molecule has 0 aliphatic heterocycles. The summed E-state index contributed by atoms with van der Waals surface area (Å²) in [7, 11) is 2.00. The number of aliphatic imine (C=N–C) groups is 1. The lowest BCUT2D eigenvalue weighted by Crippen LogP contribution is -2.35. The van der Waals surface area contributed by atoms with Crippen LogP contribution in [-0.2, 0) is 6.54 Å². The first-order chi connectivity index (χ1) is 9.15. The summed E-state index contributed by atoms with van der Waals surface area (Å²) in [4.78, 5) is 14.3. The highest BCUT2D eigenvalue weighted by Gasteiger charge is 2.27. The maximum atomic E-state index is 5.96. The minimum atomic E-state index is 0. The lowest BCUT2D eigenvalue weighted by molar-refractivity contribution is 0.487. The summed E-state index contributed by atoms with van der Waals surface area (Å²) < 4.78 is 0. The summed E-state index contributed by atoms with van der Waals surface area (Å²) in [6, 6.07) is 6.70. The molecule has 108 valence electrons. The zero-order chi connectivity index (χ0) is 13.4. The molecule has 0 unspecified atom stereocenters. The quantitative estimate of drug-likeness (QED) is 0.484. The first kappa shape index (κ1) is 15.1. The molecule has 1 fully saturated rings. The maximum Gasteiger partial charge on any atom is 0.191 e. The molecule has 20 heavy (non-hydrogen) atoms. The van der Waals surface area contributed by atoms with Crippen molar-refractivity contribution in [3.8, 4) is 0 Å². The van der Waals surface area contributed by atoms with Crippen LogP contribution in [0.2, 0.25) is 0 Å². The number of benzene rings is 1. The largest absolute Gasteiger partial charge is 0.370 e. The van der Waals surface area contributed by atoms with Crippen molar-refractivity contribution in [2.45, 2.75) is 32.4 Å². The monoisotopic (exact) mass is 385 g/mol. The number of guanidine groups is 1. The summed E-state index contributed by atoms with van der Waals surface area (Å²) in [5.74, 6) is 1.45. The fourth-order valence-corrected chi connectivity index (χ4v) is 2.22. The van der Waals surface area contributed by atoms with Crippen LogP contribution in [0, 0.1) is 6.92 Å². The van der Waals surface area contributed by atoms with E-state index in [4.69, 9.17) is 5.73 Å². The van der Waals surface area contributed by atoms with Crippen molar-refractivity contribution in [3.63, 3.8) is 0 Å². The predicted molar refractivity (Wildman–Crippen MR) is 92.4 cm³/mol. The number of nitrogens with zero attached hydrogens (tertiary/aromatic N) is 3. The third kappa shape index (κ3) is 3.05. The Morgan fingerprint density at radius 1 is 1.50 bits per heavy atom. The fraction of sp³-hybridized carbons (Fsp3) is 0.429. The smallest absolute Gasteiger partial charge is 0.191 e. The maximum absolute atomic E-state index is 5.96. The number of H-pyrrole nitrogens is 1. The zero-order valence-corrected chi connectivity index (χ0v) is 14.1. The molecule has 0 amide bonds. The summed E-state index contributed by atoms with van der Waals surface area (Å²) in [6.07, 6.45) is 2.44. The van der Waals surface area contributed by atoms with Crippen molar-refractivity contribution < 1.29 is 0 Å². The van der Waals surface area contributed by atoms with Crippen LogP contribution in [0.15, 0.2) is 23.2 Å². The average Bonchev–Trinajstić information content (AvgIpc) is 3.16. The lowest BCUT2D eigenvalue weighted by Gasteiger charge is -2.16. The predicted octanol–water partition coefficient (Wildman–Crippen LogP) is 2.40. The molecule has 1 aromatic carbocycles. The molecule has 0 saturated heterocycles. The van der Waals surface area contributed by atoms with Gasteiger partial charge in [-0.2, -0.15) is 0 Å². The van der Waals surface area contributed by atoms with E-state index < -0.39 is 0 Å². The molecule has 3 N–H and O–H groups in total. The number of nitrogens with two attached hydrogens (primary N) is 1. The molecule has 1 heterocycles. The Bertz CT molecular complexity index is 630. The first-order valence-electron chi connectivity index (χ1n) is 6.62. The van der Waals surface area contributed by atoms with Gasteiger partial charge in [-0.3, -0.25) is 0 Å². The highest BCUT2D eigenvalue weighted by Crippen LogP contribution is 2.25. The molecule has 0 radical (unpaired) electrons. The number of para-hydroxylation sites is 1. The van der Waals surface area contributed by atoms with Crippen LogP contribution < -0.4 is 5.73 Å². The number of fused-ring (bicyclic) bond motifs is 1. The second-order valence-electron chi connectivity index (χ2n) is 5.17. The van der Waals surface area contributed by atoms with Gasteiger partial charge in [-0.25, -0.2) is 9.98 Å². The summed E-state index contributed by atoms with van der Waals surface area (Å²) in [5, 5.41) is 0. The van der Waals surface area contributed by atoms with Crippen molar-refractivity contribution in [2.75, 3.05) is 7.05 Å². The summed E-state index contributed by atoms with van der Waals surface area (Å²) >= 11 is 0. The van der Waals surface area contributed by atoms with Crippen molar-refractivity contribution in [3.05, 3.63) is 29.6 Å². The minimum Gasteiger partial charge on any atom is -0.370 e. The Balaban J connectivity index is 0.00000147. The number of hydrogen-bond donors (Lipinski definition) is 2. The van der Waals surface area contributed by atoms with Crippen molar-refractivity contribution >= 4 is 41.0 Å². The van der Waals surface area contributed by atoms with E-state index in [1.54, 1.807) is 0 Å². The molecule has 1 saturated carbocycles. The van der Waals surface area contributed by atoms with Crippen LogP contribution in [0.5, 0.6) is 0 Å². The van der Waals surface area contributed by atoms with Crippen LogP contribution in [-0.4, -0.2) is 33.9 Å². The molecule has 0 spiro atoms. The third-order valence-corrected chi connectivity index (χ3v) is 3.61. The molecular weight excluding hydrogens is 365 g/mol. The highest BCUT2D eigenvalue weighted by atomic mass is 127. The number of imidazole rings is 1. The van der Waals surface area contributed by atoms with Crippen molar-refractivity contribution in [2.24, 2.45) is 10.7 Å². The Hall–Kier alpha value is -1.31. The van der Waals surface area contributed by atoms with Crippen LogP contribution in [0.3, 0.4) is 0 Å². The molecule has 1 aliphatic rings. The van der Waals surface area contributed by atoms with E-state index in [9.17, 15) is 0 Å². The number of aryl methyl sites for hydroxylation is 1. The Kier molecular flexibility index (Phi) is 4.52. The topological polar surface area (TPSA) is 70.3 Å². The molecule has 6 heteroatoms. The molecular formula is C14H20IN5. The van der Waals surface area contributed by atoms with E-state index in [1.807, 2.05) is 24.1 Å². The number of halogens is 1. The van der Waals surface area contributed by atoms with E-state index in [0.717, 1.165) is 16.9 Å². The van der Waals surface area contributed by atoms with E-state index in [0.29, 0.717) is 18.5 Å². The Morgan fingerprint density at radius 3 is 2.90 bits per heavy atom. The van der Waals surface area contributed by atoms with Crippen LogP contribution in [0.1, 0.15) is 24.2 Å². The van der Waals surface area contributed by atoms with E-state index >= 15 is 0 Å². The molecule has 0 bridgehead atoms. The second kappa shape index (κ2) is 5.99. The number of aromatic amines is 1. The molecule has 5 nitrogen and oxygen atoms in total. The summed E-state index contributed by atoms with van der Waals surface area (Å²) in [6.45, 7) is 2.56. The molecule has 2 aromatic rings. The molecule has 1 aromatic heterocycles. The first-order valence-corrected chi connectivity index (χ1v) is 6.62. The van der Waals surface area contributed by atoms with Gasteiger partial charge in [0, 0.05) is 13.1 Å². The van der Waals surface area contributed by atoms with Gasteiger partial charge in [-0.05, 0) is 31.4 Å². The minimum absolute atomic E-state index is 0. The van der Waals surface area contributed by atoms with Crippen molar-refractivity contribution in [1.82, 2.24) is 14.9 Å². The van der Waals surface area contributed by atoms with E-state index in [-0.39, 0.29) is 24.0 Å². The van der Waals surface area contributed by atoms with E-state index in [2.05, 4.69) is 28.0 Å². The van der Waals surface area contributed by atoms with Gasteiger partial charge in [0.1, 0.15) is 12.4 Å². The Morgan fingerprint density at radius 2 is 2.25 bits per heavy atom. The zero-order valence-electron chi connectivity index (χ0n) is 11.8. The van der Waals surface area contributed by atoms with E-state index in [1.165, 1.54) is 18.4 Å². The van der Waals surface area contributed by atoms with Crippen molar-refractivity contribution in [1.29, 1.82) is 0 Å². The van der Waals surface area contributed by atoms with Gasteiger partial charge in [-0.1, -0.05) is 12.1 Å². The number of hydrogen-bond acceptors (Lipinski definition) is 2. The normalized spacial score (nSPS) is 15.2. The third-order valence-electron chi connectivity index (χ3n) is 3.61. The highest BCUT2D eigenvalue weighted by molar-refractivity contribution is 14.0. The fourth-order valence-electron chi connectivity index (χ4n) is 2.22. The number of rotatable bonds is 3. The van der Waals surface area contributed by atoms with Gasteiger partial charge in [0.2, 0.25) is 0 Å². The standard InChI is InChI=1S/C14H19N5.HI/c1-9-4-3-5-11-13(9)18-12(17-11)8-16-14(15)19(2)10-6-7-10;/h3-5,10H,6-8H2,1-2H3,(H2,15,16)(H,17,18);1H. The van der Waals surface area contributed by atoms with Gasteiger partial charge in [0.05, 0.1) is 11.0 Å².